The van der Waals surface area contributed by atoms with Crippen LogP contribution in [0.1, 0.15) is 32.6 Å². The number of hydrazone groups is 2. The first-order valence-corrected chi connectivity index (χ1v) is 8.20. The Kier molecular flexibility index (Phi) is 6.20. The van der Waals surface area contributed by atoms with Crippen molar-refractivity contribution in [3.63, 3.8) is 0 Å². The van der Waals surface area contributed by atoms with Crippen molar-refractivity contribution in [3.8, 4) is 0 Å². The Morgan fingerprint density at radius 3 is 1.40 bits per heavy atom. The van der Waals surface area contributed by atoms with Gasteiger partial charge in [-0.2, -0.15) is 10.2 Å². The Morgan fingerprint density at radius 2 is 1.07 bits per heavy atom. The Hall–Kier alpha value is -4.88. The van der Waals surface area contributed by atoms with Gasteiger partial charge in [0.2, 0.25) is 0 Å². The first-order valence-electron chi connectivity index (χ1n) is 8.20. The maximum Gasteiger partial charge on any atom is 0.291 e. The molecule has 0 spiro atoms. The lowest BCUT2D eigenvalue weighted by Crippen LogP contribution is -2.27. The van der Waals surface area contributed by atoms with E-state index in [1.54, 1.807) is 12.1 Å². The quantitative estimate of drug-likeness (QED) is 0.204. The molecule has 0 aliphatic carbocycles. The molecule has 0 aliphatic rings. The normalized spacial score (nSPS) is 11.6. The van der Waals surface area contributed by atoms with Crippen molar-refractivity contribution in [1.29, 1.82) is 0 Å². The second kappa shape index (κ2) is 9.36. The number of carbonyl (C=O) groups is 2. The van der Waals surface area contributed by atoms with E-state index in [9.17, 15) is 9.59 Å². The Labute approximate surface area is 168 Å². The van der Waals surface area contributed by atoms with E-state index in [1.165, 1.54) is 36.9 Å². The smallest absolute Gasteiger partial charge is 0.291 e. The van der Waals surface area contributed by atoms with Gasteiger partial charge in [0.25, 0.3) is 11.8 Å². The van der Waals surface area contributed by atoms with Crippen LogP contribution in [0.25, 0.3) is 0 Å². The van der Waals surface area contributed by atoms with Crippen molar-refractivity contribution in [2.24, 2.45) is 21.7 Å². The van der Waals surface area contributed by atoms with Gasteiger partial charge >= 0.3 is 0 Å². The summed E-state index contributed by atoms with van der Waals surface area (Å²) in [5.41, 5.74) is 15.5. The summed E-state index contributed by atoms with van der Waals surface area (Å²) in [7, 11) is 0. The molecule has 14 heteroatoms. The predicted molar refractivity (Wildman–Crippen MR) is 102 cm³/mol. The number of hydrogen-bond donors (Lipinski definition) is 4. The molecule has 2 amide bonds. The topological polar surface area (TPSA) is 212 Å². The molecule has 3 aromatic rings. The lowest BCUT2D eigenvalue weighted by Gasteiger charge is -2.03. The SMILES string of the molecule is N/C(=N\NC(=O)c1ccc(C(=O)N/N=C(\N)c2ncccn2)nn1)c1ncccn1. The van der Waals surface area contributed by atoms with Gasteiger partial charge in [0.15, 0.2) is 34.7 Å². The van der Waals surface area contributed by atoms with Crippen LogP contribution in [0.15, 0.2) is 59.3 Å². The minimum absolute atomic E-state index is 0.0919. The van der Waals surface area contributed by atoms with Crippen LogP contribution in [-0.2, 0) is 0 Å². The summed E-state index contributed by atoms with van der Waals surface area (Å²) >= 11 is 0. The molecule has 30 heavy (non-hydrogen) atoms. The molecule has 14 nitrogen and oxygen atoms in total. The van der Waals surface area contributed by atoms with Gasteiger partial charge in [-0.3, -0.25) is 9.59 Å². The summed E-state index contributed by atoms with van der Waals surface area (Å²) in [6.07, 6.45) is 5.91. The molecule has 6 N–H and O–H groups in total. The van der Waals surface area contributed by atoms with Gasteiger partial charge in [0.05, 0.1) is 0 Å². The first-order chi connectivity index (χ1) is 14.5. The molecule has 0 fully saturated rings. The molecule has 3 heterocycles. The van der Waals surface area contributed by atoms with E-state index >= 15 is 0 Å². The molecule has 0 radical (unpaired) electrons. The van der Waals surface area contributed by atoms with Crippen molar-refractivity contribution < 1.29 is 9.59 Å². The fourth-order valence-electron chi connectivity index (χ4n) is 1.87. The highest BCUT2D eigenvalue weighted by atomic mass is 16.2. The summed E-state index contributed by atoms with van der Waals surface area (Å²) < 4.78 is 0. The Morgan fingerprint density at radius 1 is 0.700 bits per heavy atom. The van der Waals surface area contributed by atoms with E-state index in [4.69, 9.17) is 11.5 Å². The molecule has 0 saturated carbocycles. The summed E-state index contributed by atoms with van der Waals surface area (Å²) in [6.45, 7) is 0. The van der Waals surface area contributed by atoms with E-state index < -0.39 is 11.8 Å². The van der Waals surface area contributed by atoms with Gasteiger partial charge in [-0.05, 0) is 24.3 Å². The molecular formula is C16H14N12O2. The molecule has 0 aliphatic heterocycles. The second-order valence-corrected chi connectivity index (χ2v) is 5.32. The fourth-order valence-corrected chi connectivity index (χ4v) is 1.87. The number of nitrogens with zero attached hydrogens (tertiary/aromatic N) is 8. The van der Waals surface area contributed by atoms with Crippen molar-refractivity contribution in [2.45, 2.75) is 0 Å². The molecule has 3 rings (SSSR count). The third kappa shape index (κ3) is 5.10. The van der Waals surface area contributed by atoms with Gasteiger partial charge < -0.3 is 11.5 Å². The monoisotopic (exact) mass is 406 g/mol. The average Bonchev–Trinajstić information content (AvgIpc) is 2.81. The highest BCUT2D eigenvalue weighted by Gasteiger charge is 2.12. The average molecular weight is 406 g/mol. The molecule has 0 saturated heterocycles. The van der Waals surface area contributed by atoms with Crippen LogP contribution in [0.5, 0.6) is 0 Å². The largest absolute Gasteiger partial charge is 0.379 e. The number of amidine groups is 2. The molecule has 0 atom stereocenters. The lowest BCUT2D eigenvalue weighted by atomic mass is 10.3. The zero-order valence-electron chi connectivity index (χ0n) is 15.2. The number of carbonyl (C=O) groups excluding carboxylic acids is 2. The van der Waals surface area contributed by atoms with Gasteiger partial charge in [-0.15, -0.1) is 10.2 Å². The standard InChI is InChI=1S/C16H14N12O2/c17-11(13-19-5-1-6-20-13)25-27-15(29)9-3-4-10(24-23-9)16(30)28-26-12(18)14-21-7-2-8-22-14/h1-8H,(H2,17,25)(H2,18,26)(H,27,29)(H,28,30). The van der Waals surface area contributed by atoms with Crippen LogP contribution in [0.2, 0.25) is 0 Å². The fraction of sp³-hybridized carbons (Fsp3) is 0. The maximum atomic E-state index is 12.1. The highest BCUT2D eigenvalue weighted by Crippen LogP contribution is 1.98. The third-order valence-electron chi connectivity index (χ3n) is 3.28. The second-order valence-electron chi connectivity index (χ2n) is 5.32. The predicted octanol–water partition coefficient (Wildman–Crippen LogP) is -1.84. The lowest BCUT2D eigenvalue weighted by molar-refractivity contribution is 0.0933. The number of rotatable bonds is 6. The van der Waals surface area contributed by atoms with Crippen LogP contribution < -0.4 is 22.3 Å². The third-order valence-corrected chi connectivity index (χ3v) is 3.28. The van der Waals surface area contributed by atoms with E-state index in [2.05, 4.69) is 51.2 Å². The van der Waals surface area contributed by atoms with E-state index in [1.807, 2.05) is 0 Å². The van der Waals surface area contributed by atoms with E-state index in [0.717, 1.165) is 0 Å². The van der Waals surface area contributed by atoms with Crippen LogP contribution in [0.4, 0.5) is 0 Å². The van der Waals surface area contributed by atoms with Gasteiger partial charge in [-0.1, -0.05) is 0 Å². The molecule has 3 aromatic heterocycles. The maximum absolute atomic E-state index is 12.1. The van der Waals surface area contributed by atoms with Gasteiger partial charge in [0.1, 0.15) is 0 Å². The Bertz CT molecular complexity index is 996. The van der Waals surface area contributed by atoms with E-state index in [0.29, 0.717) is 0 Å². The number of nitrogens with one attached hydrogen (secondary N) is 2. The van der Waals surface area contributed by atoms with Gasteiger partial charge in [0, 0.05) is 24.8 Å². The highest BCUT2D eigenvalue weighted by molar-refractivity contribution is 5.98. The minimum Gasteiger partial charge on any atom is -0.379 e. The first kappa shape index (κ1) is 19.9. The Balaban J connectivity index is 1.60. The summed E-state index contributed by atoms with van der Waals surface area (Å²) in [4.78, 5) is 39.7. The summed E-state index contributed by atoms with van der Waals surface area (Å²) in [5, 5.41) is 14.7. The molecule has 0 bridgehead atoms. The zero-order chi connectivity index (χ0) is 21.3. The van der Waals surface area contributed by atoms with Crippen molar-refractivity contribution >= 4 is 23.5 Å². The van der Waals surface area contributed by atoms with Crippen LogP contribution >= 0.6 is 0 Å². The van der Waals surface area contributed by atoms with Crippen molar-refractivity contribution in [1.82, 2.24) is 41.0 Å². The number of nitrogens with two attached hydrogens (primary N) is 2. The minimum atomic E-state index is -0.697. The zero-order valence-corrected chi connectivity index (χ0v) is 15.2. The summed E-state index contributed by atoms with van der Waals surface area (Å²) in [5.74, 6) is -1.28. The molecule has 0 aromatic carbocycles. The number of aromatic nitrogens is 6. The van der Waals surface area contributed by atoms with Crippen LogP contribution in [-0.4, -0.2) is 53.6 Å². The van der Waals surface area contributed by atoms with E-state index in [-0.39, 0.29) is 34.7 Å². The molecule has 0 unspecified atom stereocenters. The van der Waals surface area contributed by atoms with Crippen LogP contribution in [0, 0.1) is 0 Å². The van der Waals surface area contributed by atoms with Crippen LogP contribution in [0.3, 0.4) is 0 Å². The van der Waals surface area contributed by atoms with Crippen molar-refractivity contribution in [2.75, 3.05) is 0 Å². The number of amides is 2. The molecular weight excluding hydrogens is 392 g/mol. The van der Waals surface area contributed by atoms with Gasteiger partial charge in [-0.25, -0.2) is 30.8 Å². The number of hydrogen-bond acceptors (Lipinski definition) is 10. The molecule has 150 valence electrons. The van der Waals surface area contributed by atoms with Crippen molar-refractivity contribution in [3.05, 3.63) is 72.1 Å². The summed E-state index contributed by atoms with van der Waals surface area (Å²) in [6, 6.07) is 5.76.